The number of rotatable bonds is 7. The SMILES string of the molecule is CC(C)Oc1ccccc1NC(=O)c1ccc(NS(=O)(=O)c2ccccc2)cc1Cl. The second kappa shape index (κ2) is 9.19. The molecule has 30 heavy (non-hydrogen) atoms. The Morgan fingerprint density at radius 1 is 0.967 bits per heavy atom. The van der Waals surface area contributed by atoms with Gasteiger partial charge < -0.3 is 10.1 Å². The average molecular weight is 445 g/mol. The van der Waals surface area contributed by atoms with E-state index in [0.29, 0.717) is 11.4 Å². The molecule has 0 aliphatic heterocycles. The molecular weight excluding hydrogens is 424 g/mol. The van der Waals surface area contributed by atoms with E-state index in [1.54, 1.807) is 36.4 Å². The summed E-state index contributed by atoms with van der Waals surface area (Å²) in [6, 6.07) is 19.4. The molecule has 3 rings (SSSR count). The Kier molecular flexibility index (Phi) is 6.64. The topological polar surface area (TPSA) is 84.5 Å². The number of para-hydroxylation sites is 2. The van der Waals surface area contributed by atoms with E-state index >= 15 is 0 Å². The summed E-state index contributed by atoms with van der Waals surface area (Å²) in [4.78, 5) is 12.8. The Hall–Kier alpha value is -3.03. The molecule has 0 aliphatic rings. The molecule has 8 heteroatoms. The molecule has 0 atom stereocenters. The van der Waals surface area contributed by atoms with Gasteiger partial charge in [-0.2, -0.15) is 0 Å². The molecule has 3 aromatic rings. The minimum absolute atomic E-state index is 0.0523. The van der Waals surface area contributed by atoms with Gasteiger partial charge in [-0.05, 0) is 56.3 Å². The molecule has 0 saturated heterocycles. The lowest BCUT2D eigenvalue weighted by atomic mass is 10.2. The average Bonchev–Trinajstić information content (AvgIpc) is 2.69. The number of amides is 1. The van der Waals surface area contributed by atoms with E-state index in [-0.39, 0.29) is 27.3 Å². The minimum atomic E-state index is -3.75. The molecule has 0 spiro atoms. The third-order valence-electron chi connectivity index (χ3n) is 4.02. The van der Waals surface area contributed by atoms with Gasteiger partial charge in [0.15, 0.2) is 0 Å². The standard InChI is InChI=1S/C22H21ClN2O4S/c1-15(2)29-21-11-7-6-10-20(21)24-22(26)18-13-12-16(14-19(18)23)25-30(27,28)17-8-4-3-5-9-17/h3-15,25H,1-2H3,(H,24,26). The quantitative estimate of drug-likeness (QED) is 0.525. The normalized spacial score (nSPS) is 11.2. The molecule has 2 N–H and O–H groups in total. The lowest BCUT2D eigenvalue weighted by Gasteiger charge is -2.15. The Morgan fingerprint density at radius 2 is 1.63 bits per heavy atom. The van der Waals surface area contributed by atoms with Crippen molar-refractivity contribution in [2.75, 3.05) is 10.0 Å². The van der Waals surface area contributed by atoms with E-state index in [4.69, 9.17) is 16.3 Å². The number of hydrogen-bond donors (Lipinski definition) is 2. The predicted octanol–water partition coefficient (Wildman–Crippen LogP) is 5.18. The first-order chi connectivity index (χ1) is 14.3. The molecule has 156 valence electrons. The van der Waals surface area contributed by atoms with Crippen molar-refractivity contribution in [1.82, 2.24) is 0 Å². The summed E-state index contributed by atoms with van der Waals surface area (Å²) in [5.41, 5.74) is 0.976. The van der Waals surface area contributed by atoms with Crippen LogP contribution in [-0.4, -0.2) is 20.4 Å². The van der Waals surface area contributed by atoms with Gasteiger partial charge in [-0.25, -0.2) is 8.42 Å². The number of carbonyl (C=O) groups is 1. The molecule has 0 aromatic heterocycles. The van der Waals surface area contributed by atoms with E-state index in [9.17, 15) is 13.2 Å². The fraction of sp³-hybridized carbons (Fsp3) is 0.136. The number of halogens is 1. The van der Waals surface area contributed by atoms with Crippen molar-refractivity contribution < 1.29 is 17.9 Å². The molecule has 0 unspecified atom stereocenters. The molecule has 0 fully saturated rings. The number of carbonyl (C=O) groups excluding carboxylic acids is 1. The van der Waals surface area contributed by atoms with Gasteiger partial charge in [0.05, 0.1) is 33.0 Å². The number of anilines is 2. The molecule has 0 bridgehead atoms. The first-order valence-electron chi connectivity index (χ1n) is 9.21. The van der Waals surface area contributed by atoms with Gasteiger partial charge >= 0.3 is 0 Å². The number of nitrogens with one attached hydrogen (secondary N) is 2. The van der Waals surface area contributed by atoms with Crippen LogP contribution in [0.1, 0.15) is 24.2 Å². The first kappa shape index (κ1) is 21.7. The zero-order valence-electron chi connectivity index (χ0n) is 16.4. The minimum Gasteiger partial charge on any atom is -0.489 e. The van der Waals surface area contributed by atoms with Gasteiger partial charge in [-0.1, -0.05) is 41.9 Å². The third-order valence-corrected chi connectivity index (χ3v) is 5.73. The largest absolute Gasteiger partial charge is 0.489 e. The van der Waals surface area contributed by atoms with Gasteiger partial charge in [0.25, 0.3) is 15.9 Å². The van der Waals surface area contributed by atoms with Crippen molar-refractivity contribution in [1.29, 1.82) is 0 Å². The van der Waals surface area contributed by atoms with Crippen molar-refractivity contribution in [2.45, 2.75) is 24.8 Å². The summed E-state index contributed by atoms with van der Waals surface area (Å²) in [5.74, 6) is 0.112. The van der Waals surface area contributed by atoms with E-state index < -0.39 is 15.9 Å². The summed E-state index contributed by atoms with van der Waals surface area (Å²) in [6.07, 6.45) is -0.0523. The fourth-order valence-corrected chi connectivity index (χ4v) is 4.03. The molecular formula is C22H21ClN2O4S. The van der Waals surface area contributed by atoms with Crippen LogP contribution in [-0.2, 0) is 10.0 Å². The van der Waals surface area contributed by atoms with E-state index in [0.717, 1.165) is 0 Å². The number of benzene rings is 3. The summed E-state index contributed by atoms with van der Waals surface area (Å²) in [6.45, 7) is 3.79. The highest BCUT2D eigenvalue weighted by Gasteiger charge is 2.17. The lowest BCUT2D eigenvalue weighted by molar-refractivity contribution is 0.102. The van der Waals surface area contributed by atoms with Crippen LogP contribution >= 0.6 is 11.6 Å². The zero-order chi connectivity index (χ0) is 21.7. The summed E-state index contributed by atoms with van der Waals surface area (Å²) in [7, 11) is -3.75. The van der Waals surface area contributed by atoms with Crippen LogP contribution in [0.2, 0.25) is 5.02 Å². The third kappa shape index (κ3) is 5.31. The number of hydrogen-bond acceptors (Lipinski definition) is 4. The van der Waals surface area contributed by atoms with Crippen LogP contribution in [0.25, 0.3) is 0 Å². The number of ether oxygens (including phenoxy) is 1. The van der Waals surface area contributed by atoms with Crippen molar-refractivity contribution in [3.8, 4) is 5.75 Å². The molecule has 1 amide bonds. The molecule has 0 aliphatic carbocycles. The molecule has 0 heterocycles. The Bertz CT molecular complexity index is 1150. The van der Waals surface area contributed by atoms with Crippen LogP contribution in [0.15, 0.2) is 77.7 Å². The highest BCUT2D eigenvalue weighted by atomic mass is 35.5. The van der Waals surface area contributed by atoms with Gasteiger partial charge in [-0.15, -0.1) is 0 Å². The van der Waals surface area contributed by atoms with E-state index in [1.165, 1.54) is 30.3 Å². The van der Waals surface area contributed by atoms with Crippen molar-refractivity contribution in [3.05, 3.63) is 83.4 Å². The highest BCUT2D eigenvalue weighted by Crippen LogP contribution is 2.28. The first-order valence-corrected chi connectivity index (χ1v) is 11.1. The van der Waals surface area contributed by atoms with Crippen LogP contribution in [0.3, 0.4) is 0 Å². The van der Waals surface area contributed by atoms with Crippen molar-refractivity contribution in [3.63, 3.8) is 0 Å². The van der Waals surface area contributed by atoms with Gasteiger partial charge in [0.2, 0.25) is 0 Å². The predicted molar refractivity (Wildman–Crippen MR) is 119 cm³/mol. The van der Waals surface area contributed by atoms with Crippen LogP contribution in [0.5, 0.6) is 5.75 Å². The zero-order valence-corrected chi connectivity index (χ0v) is 18.0. The lowest BCUT2D eigenvalue weighted by Crippen LogP contribution is -2.16. The number of sulfonamides is 1. The second-order valence-corrected chi connectivity index (χ2v) is 8.82. The maximum absolute atomic E-state index is 12.7. The molecule has 0 saturated carbocycles. The highest BCUT2D eigenvalue weighted by molar-refractivity contribution is 7.92. The van der Waals surface area contributed by atoms with Crippen molar-refractivity contribution >= 4 is 38.9 Å². The Labute approximate surface area is 180 Å². The molecule has 3 aromatic carbocycles. The summed E-state index contributed by atoms with van der Waals surface area (Å²) in [5, 5.41) is 2.89. The van der Waals surface area contributed by atoms with Crippen LogP contribution in [0.4, 0.5) is 11.4 Å². The molecule has 0 radical (unpaired) electrons. The summed E-state index contributed by atoms with van der Waals surface area (Å²) >= 11 is 6.26. The fourth-order valence-electron chi connectivity index (χ4n) is 2.69. The van der Waals surface area contributed by atoms with E-state index in [1.807, 2.05) is 19.9 Å². The van der Waals surface area contributed by atoms with Crippen LogP contribution < -0.4 is 14.8 Å². The van der Waals surface area contributed by atoms with Gasteiger partial charge in [-0.3, -0.25) is 9.52 Å². The maximum atomic E-state index is 12.7. The Morgan fingerprint density at radius 3 is 2.30 bits per heavy atom. The Balaban J connectivity index is 1.78. The van der Waals surface area contributed by atoms with Crippen molar-refractivity contribution in [2.24, 2.45) is 0 Å². The van der Waals surface area contributed by atoms with Gasteiger partial charge in [0.1, 0.15) is 5.75 Å². The monoisotopic (exact) mass is 444 g/mol. The van der Waals surface area contributed by atoms with Gasteiger partial charge in [0, 0.05) is 0 Å². The van der Waals surface area contributed by atoms with Crippen LogP contribution in [0, 0.1) is 0 Å². The second-order valence-electron chi connectivity index (χ2n) is 6.73. The smallest absolute Gasteiger partial charge is 0.261 e. The maximum Gasteiger partial charge on any atom is 0.261 e. The van der Waals surface area contributed by atoms with E-state index in [2.05, 4.69) is 10.0 Å². The summed E-state index contributed by atoms with van der Waals surface area (Å²) < 4.78 is 33.1. The molecule has 6 nitrogen and oxygen atoms in total.